The van der Waals surface area contributed by atoms with E-state index in [9.17, 15) is 14.7 Å². The second kappa shape index (κ2) is 5.80. The maximum atomic E-state index is 12.0. The van der Waals surface area contributed by atoms with Crippen LogP contribution in [0.25, 0.3) is 0 Å². The van der Waals surface area contributed by atoms with Gasteiger partial charge in [-0.3, -0.25) is 4.90 Å². The van der Waals surface area contributed by atoms with E-state index in [2.05, 4.69) is 13.8 Å². The van der Waals surface area contributed by atoms with Crippen LogP contribution in [0, 0.1) is 11.8 Å². The second-order valence-corrected chi connectivity index (χ2v) is 6.56. The number of rotatable bonds is 2. The summed E-state index contributed by atoms with van der Waals surface area (Å²) in [5.74, 6) is -0.168. The summed E-state index contributed by atoms with van der Waals surface area (Å²) >= 11 is 0. The van der Waals surface area contributed by atoms with Crippen LogP contribution in [0.2, 0.25) is 0 Å². The molecular formula is C14H25NO4. The number of ether oxygens (including phenoxy) is 1. The van der Waals surface area contributed by atoms with Gasteiger partial charge in [-0.15, -0.1) is 0 Å². The first-order chi connectivity index (χ1) is 8.61. The fourth-order valence-corrected chi connectivity index (χ4v) is 2.37. The highest BCUT2D eigenvalue weighted by Crippen LogP contribution is 2.29. The van der Waals surface area contributed by atoms with E-state index in [0.717, 1.165) is 6.42 Å². The Morgan fingerprint density at radius 2 is 1.89 bits per heavy atom. The Labute approximate surface area is 114 Å². The van der Waals surface area contributed by atoms with Crippen LogP contribution in [0.15, 0.2) is 0 Å². The maximum absolute atomic E-state index is 12.0. The van der Waals surface area contributed by atoms with Crippen LogP contribution < -0.4 is 0 Å². The minimum atomic E-state index is -0.948. The van der Waals surface area contributed by atoms with Gasteiger partial charge in [0.1, 0.15) is 11.6 Å². The van der Waals surface area contributed by atoms with Crippen molar-refractivity contribution < 1.29 is 19.4 Å². The lowest BCUT2D eigenvalue weighted by atomic mass is 9.83. The van der Waals surface area contributed by atoms with Gasteiger partial charge in [0, 0.05) is 6.54 Å². The quantitative estimate of drug-likeness (QED) is 0.838. The Balaban J connectivity index is 2.77. The van der Waals surface area contributed by atoms with Gasteiger partial charge in [-0.2, -0.15) is 0 Å². The number of aliphatic carboxylic acids is 1. The summed E-state index contributed by atoms with van der Waals surface area (Å²) in [6, 6.07) is -0.768. The predicted molar refractivity (Wildman–Crippen MR) is 71.9 cm³/mol. The van der Waals surface area contributed by atoms with Gasteiger partial charge in [-0.25, -0.2) is 9.59 Å². The third-order valence-corrected chi connectivity index (χ3v) is 3.50. The number of nitrogens with zero attached hydrogens (tertiary/aromatic N) is 1. The number of carbonyl (C=O) groups is 2. The van der Waals surface area contributed by atoms with Crippen molar-refractivity contribution in [2.75, 3.05) is 6.54 Å². The standard InChI is InChI=1S/C14H25NO4/c1-9(2)10-6-7-15(11(8-10)12(16)17)13(18)19-14(3,4)5/h9-11H,6-8H2,1-5H3,(H,16,17)/t10-,11+/m1/s1. The first kappa shape index (κ1) is 15.8. The zero-order chi connectivity index (χ0) is 14.8. The molecule has 1 saturated heterocycles. The molecule has 1 aliphatic heterocycles. The van der Waals surface area contributed by atoms with Crippen molar-refractivity contribution in [1.82, 2.24) is 4.90 Å². The molecule has 0 aromatic heterocycles. The lowest BCUT2D eigenvalue weighted by Crippen LogP contribution is -2.52. The van der Waals surface area contributed by atoms with E-state index in [-0.39, 0.29) is 0 Å². The van der Waals surface area contributed by atoms with Crippen LogP contribution >= 0.6 is 0 Å². The summed E-state index contributed by atoms with van der Waals surface area (Å²) in [4.78, 5) is 24.8. The number of hydrogen-bond donors (Lipinski definition) is 1. The fourth-order valence-electron chi connectivity index (χ4n) is 2.37. The number of amides is 1. The van der Waals surface area contributed by atoms with Crippen LogP contribution in [-0.2, 0) is 9.53 Å². The number of carboxylic acid groups (broad SMARTS) is 1. The molecule has 1 heterocycles. The number of piperidine rings is 1. The van der Waals surface area contributed by atoms with Crippen molar-refractivity contribution in [3.05, 3.63) is 0 Å². The van der Waals surface area contributed by atoms with Gasteiger partial charge < -0.3 is 9.84 Å². The number of hydrogen-bond acceptors (Lipinski definition) is 3. The second-order valence-electron chi connectivity index (χ2n) is 6.56. The molecule has 5 nitrogen and oxygen atoms in total. The lowest BCUT2D eigenvalue weighted by Gasteiger charge is -2.39. The lowest BCUT2D eigenvalue weighted by molar-refractivity contribution is -0.145. The molecule has 1 amide bonds. The average Bonchev–Trinajstić information content (AvgIpc) is 2.25. The molecule has 0 radical (unpaired) electrons. The summed E-state index contributed by atoms with van der Waals surface area (Å²) in [7, 11) is 0. The molecule has 5 heteroatoms. The zero-order valence-corrected chi connectivity index (χ0v) is 12.5. The van der Waals surface area contributed by atoms with Crippen molar-refractivity contribution >= 4 is 12.1 Å². The molecule has 0 aromatic rings. The van der Waals surface area contributed by atoms with Crippen LogP contribution in [0.3, 0.4) is 0 Å². The molecule has 1 aliphatic rings. The zero-order valence-electron chi connectivity index (χ0n) is 12.5. The van der Waals surface area contributed by atoms with E-state index in [1.54, 1.807) is 20.8 Å². The van der Waals surface area contributed by atoms with E-state index < -0.39 is 23.7 Å². The summed E-state index contributed by atoms with van der Waals surface area (Å²) in [5, 5.41) is 9.31. The van der Waals surface area contributed by atoms with Crippen molar-refractivity contribution in [2.45, 2.75) is 59.1 Å². The Hall–Kier alpha value is -1.26. The highest BCUT2D eigenvalue weighted by molar-refractivity contribution is 5.80. The van der Waals surface area contributed by atoms with E-state index >= 15 is 0 Å². The number of carbonyl (C=O) groups excluding carboxylic acids is 1. The Morgan fingerprint density at radius 3 is 2.32 bits per heavy atom. The van der Waals surface area contributed by atoms with E-state index in [4.69, 9.17) is 4.74 Å². The maximum Gasteiger partial charge on any atom is 0.411 e. The van der Waals surface area contributed by atoms with Gasteiger partial charge >= 0.3 is 12.1 Å². The minimum Gasteiger partial charge on any atom is -0.480 e. The van der Waals surface area contributed by atoms with Crippen LogP contribution in [0.5, 0.6) is 0 Å². The third-order valence-electron chi connectivity index (χ3n) is 3.50. The van der Waals surface area contributed by atoms with Gasteiger partial charge in [0.2, 0.25) is 0 Å². The molecule has 0 bridgehead atoms. The van der Waals surface area contributed by atoms with Gasteiger partial charge in [0.05, 0.1) is 0 Å². The molecule has 0 saturated carbocycles. The molecule has 1 N–H and O–H groups in total. The van der Waals surface area contributed by atoms with Gasteiger partial charge in [0.25, 0.3) is 0 Å². The third kappa shape index (κ3) is 4.40. The SMILES string of the molecule is CC(C)[C@@H]1CCN(C(=O)OC(C)(C)C)[C@H](C(=O)O)C1. The Bertz CT molecular complexity index is 346. The number of carboxylic acids is 1. The van der Waals surface area contributed by atoms with Crippen LogP contribution in [0.1, 0.15) is 47.5 Å². The first-order valence-electron chi connectivity index (χ1n) is 6.84. The number of likely N-dealkylation sites (tertiary alicyclic amines) is 1. The molecule has 0 spiro atoms. The summed E-state index contributed by atoms with van der Waals surface area (Å²) in [6.45, 7) is 9.97. The topological polar surface area (TPSA) is 66.8 Å². The van der Waals surface area contributed by atoms with Crippen LogP contribution in [0.4, 0.5) is 4.79 Å². The largest absolute Gasteiger partial charge is 0.480 e. The molecule has 0 aliphatic carbocycles. The molecule has 1 fully saturated rings. The van der Waals surface area contributed by atoms with Crippen LogP contribution in [-0.4, -0.2) is 40.3 Å². The molecule has 1 rings (SSSR count). The van der Waals surface area contributed by atoms with E-state index in [0.29, 0.717) is 24.8 Å². The Morgan fingerprint density at radius 1 is 1.32 bits per heavy atom. The van der Waals surface area contributed by atoms with Gasteiger partial charge in [-0.1, -0.05) is 13.8 Å². The normalized spacial score (nSPS) is 24.4. The fraction of sp³-hybridized carbons (Fsp3) is 0.857. The van der Waals surface area contributed by atoms with Gasteiger partial charge in [-0.05, 0) is 45.4 Å². The molecule has 0 aromatic carbocycles. The molecule has 19 heavy (non-hydrogen) atoms. The van der Waals surface area contributed by atoms with Crippen molar-refractivity contribution in [2.24, 2.45) is 11.8 Å². The Kier molecular flexibility index (Phi) is 4.82. The van der Waals surface area contributed by atoms with E-state index in [1.165, 1.54) is 4.90 Å². The smallest absolute Gasteiger partial charge is 0.411 e. The monoisotopic (exact) mass is 271 g/mol. The highest BCUT2D eigenvalue weighted by atomic mass is 16.6. The summed E-state index contributed by atoms with van der Waals surface area (Å²) in [6.07, 6.45) is 0.814. The van der Waals surface area contributed by atoms with Crippen molar-refractivity contribution in [1.29, 1.82) is 0 Å². The van der Waals surface area contributed by atoms with Crippen molar-refractivity contribution in [3.8, 4) is 0 Å². The average molecular weight is 271 g/mol. The minimum absolute atomic E-state index is 0.347. The van der Waals surface area contributed by atoms with E-state index in [1.807, 2.05) is 0 Å². The molecule has 110 valence electrons. The molecular weight excluding hydrogens is 246 g/mol. The predicted octanol–water partition coefficient (Wildman–Crippen LogP) is 2.74. The first-order valence-corrected chi connectivity index (χ1v) is 6.84. The molecule has 0 unspecified atom stereocenters. The highest BCUT2D eigenvalue weighted by Gasteiger charge is 2.38. The molecule has 2 atom stereocenters. The summed E-state index contributed by atoms with van der Waals surface area (Å²) in [5.41, 5.74) is -0.602. The van der Waals surface area contributed by atoms with Gasteiger partial charge in [0.15, 0.2) is 0 Å². The summed E-state index contributed by atoms with van der Waals surface area (Å²) < 4.78 is 5.28. The van der Waals surface area contributed by atoms with Crippen molar-refractivity contribution in [3.63, 3.8) is 0 Å².